The van der Waals surface area contributed by atoms with Gasteiger partial charge in [-0.05, 0) is 104 Å². The number of phenolic OH excluding ortho intramolecular Hbond substituents is 1. The van der Waals surface area contributed by atoms with Gasteiger partial charge in [0.05, 0.1) is 11.5 Å². The quantitative estimate of drug-likeness (QED) is 0.316. The van der Waals surface area contributed by atoms with Gasteiger partial charge in [0.25, 0.3) is 5.91 Å². The summed E-state index contributed by atoms with van der Waals surface area (Å²) in [4.78, 5) is 12.6. The molecule has 40 heavy (non-hydrogen) atoms. The summed E-state index contributed by atoms with van der Waals surface area (Å²) in [7, 11) is 0. The first-order chi connectivity index (χ1) is 18.5. The van der Waals surface area contributed by atoms with Crippen LogP contribution in [0.5, 0.6) is 11.5 Å². The van der Waals surface area contributed by atoms with Gasteiger partial charge in [0.1, 0.15) is 17.1 Å². The molecule has 0 aliphatic carbocycles. The minimum atomic E-state index is -0.352. The lowest BCUT2D eigenvalue weighted by atomic mass is 9.74. The van der Waals surface area contributed by atoms with Crippen LogP contribution >= 0.6 is 0 Å². The Bertz CT molecular complexity index is 1410. The molecule has 3 aromatic rings. The third kappa shape index (κ3) is 5.77. The second kappa shape index (κ2) is 10.6. The lowest BCUT2D eigenvalue weighted by molar-refractivity contribution is 0.0946. The first kappa shape index (κ1) is 29.7. The number of rotatable bonds is 7. The molecule has 214 valence electrons. The number of carbonyl (C=O) groups excluding carboxylic acids is 1. The summed E-state index contributed by atoms with van der Waals surface area (Å²) >= 11 is 0. The Morgan fingerprint density at radius 2 is 1.55 bits per heavy atom. The number of hydrogen-bond donors (Lipinski definition) is 2. The van der Waals surface area contributed by atoms with Crippen LogP contribution in [-0.4, -0.2) is 23.2 Å². The van der Waals surface area contributed by atoms with Crippen LogP contribution in [0.2, 0.25) is 0 Å². The summed E-state index contributed by atoms with van der Waals surface area (Å²) in [5.41, 5.74) is 9.19. The van der Waals surface area contributed by atoms with Gasteiger partial charge in [-0.2, -0.15) is 0 Å². The number of nitrogens with one attached hydrogen (secondary N) is 1. The van der Waals surface area contributed by atoms with E-state index in [-0.39, 0.29) is 34.0 Å². The molecule has 1 aliphatic heterocycles. The normalized spacial score (nSPS) is 16.4. The monoisotopic (exact) mass is 541 g/mol. The Morgan fingerprint density at radius 3 is 2.15 bits per heavy atom. The highest BCUT2D eigenvalue weighted by Crippen LogP contribution is 2.53. The number of hydrogen-bond acceptors (Lipinski definition) is 3. The minimum Gasteiger partial charge on any atom is -0.507 e. The topological polar surface area (TPSA) is 58.6 Å². The molecule has 0 spiro atoms. The summed E-state index contributed by atoms with van der Waals surface area (Å²) in [6.45, 7) is 22.9. The fraction of sp³-hybridized carbons (Fsp3) is 0.472. The van der Waals surface area contributed by atoms with Crippen LogP contribution in [0.4, 0.5) is 0 Å². The molecule has 1 unspecified atom stereocenters. The SMILES string of the molecule is Cc1c(C)c2c(c(C)c1CC(C)(C)CCNC(=O)c1ccccc1O)C(c1ccc(C(C)(C)C)cc1)C(C)(C)O2. The summed E-state index contributed by atoms with van der Waals surface area (Å²) in [5, 5.41) is 13.0. The molecule has 1 heterocycles. The van der Waals surface area contributed by atoms with Crippen molar-refractivity contribution in [3.8, 4) is 11.5 Å². The molecule has 3 aromatic carbocycles. The van der Waals surface area contributed by atoms with Crippen LogP contribution in [0.15, 0.2) is 48.5 Å². The minimum absolute atomic E-state index is 0.00636. The molecule has 0 bridgehead atoms. The van der Waals surface area contributed by atoms with Crippen molar-refractivity contribution in [3.05, 3.63) is 93.0 Å². The zero-order valence-corrected chi connectivity index (χ0v) is 26.1. The van der Waals surface area contributed by atoms with Gasteiger partial charge >= 0.3 is 0 Å². The summed E-state index contributed by atoms with van der Waals surface area (Å²) in [6.07, 6.45) is 1.72. The standard InChI is InChI=1S/C36H47NO3/c1-22-23(2)32-30(31(36(9,10)40-32)25-15-17-26(18-16-25)34(4,5)6)24(3)28(22)21-35(7,8)19-20-37-33(39)27-13-11-12-14-29(27)38/h11-18,31,38H,19-21H2,1-10H3,(H,37,39). The van der Waals surface area contributed by atoms with Crippen LogP contribution in [0.1, 0.15) is 110 Å². The number of para-hydroxylation sites is 1. The van der Waals surface area contributed by atoms with Gasteiger partial charge < -0.3 is 15.2 Å². The van der Waals surface area contributed by atoms with E-state index in [1.165, 1.54) is 45.0 Å². The average molecular weight is 542 g/mol. The van der Waals surface area contributed by atoms with Crippen molar-refractivity contribution in [3.63, 3.8) is 0 Å². The van der Waals surface area contributed by atoms with Crippen LogP contribution in [0.25, 0.3) is 0 Å². The van der Waals surface area contributed by atoms with Gasteiger partial charge in [-0.25, -0.2) is 0 Å². The Hall–Kier alpha value is -3.27. The first-order valence-electron chi connectivity index (χ1n) is 14.5. The van der Waals surface area contributed by atoms with Crippen LogP contribution in [0, 0.1) is 26.2 Å². The summed E-state index contributed by atoms with van der Waals surface area (Å²) in [5.74, 6) is 0.957. The van der Waals surface area contributed by atoms with E-state index in [1.54, 1.807) is 18.2 Å². The van der Waals surface area contributed by atoms with E-state index < -0.39 is 0 Å². The Morgan fingerprint density at radius 1 is 0.925 bits per heavy atom. The lowest BCUT2D eigenvalue weighted by Gasteiger charge is -2.30. The van der Waals surface area contributed by atoms with E-state index in [9.17, 15) is 9.90 Å². The van der Waals surface area contributed by atoms with E-state index >= 15 is 0 Å². The number of benzene rings is 3. The molecule has 0 aromatic heterocycles. The maximum atomic E-state index is 12.6. The van der Waals surface area contributed by atoms with Gasteiger partial charge in [-0.3, -0.25) is 4.79 Å². The number of fused-ring (bicyclic) bond motifs is 1. The van der Waals surface area contributed by atoms with Crippen molar-refractivity contribution < 1.29 is 14.6 Å². The van der Waals surface area contributed by atoms with Crippen LogP contribution < -0.4 is 10.1 Å². The van der Waals surface area contributed by atoms with Crippen LogP contribution in [-0.2, 0) is 11.8 Å². The first-order valence-corrected chi connectivity index (χ1v) is 14.5. The molecule has 1 amide bonds. The zero-order valence-electron chi connectivity index (χ0n) is 26.1. The lowest BCUT2D eigenvalue weighted by Crippen LogP contribution is -2.31. The Labute approximate surface area is 241 Å². The molecule has 1 aliphatic rings. The van der Waals surface area contributed by atoms with Crippen molar-refractivity contribution in [2.24, 2.45) is 5.41 Å². The zero-order chi connectivity index (χ0) is 29.6. The van der Waals surface area contributed by atoms with E-state index in [0.29, 0.717) is 12.1 Å². The number of aromatic hydroxyl groups is 1. The molecular formula is C36H47NO3. The third-order valence-electron chi connectivity index (χ3n) is 8.81. The number of amides is 1. The maximum Gasteiger partial charge on any atom is 0.255 e. The van der Waals surface area contributed by atoms with Crippen LogP contribution in [0.3, 0.4) is 0 Å². The van der Waals surface area contributed by atoms with Gasteiger partial charge in [-0.15, -0.1) is 0 Å². The van der Waals surface area contributed by atoms with E-state index in [0.717, 1.165) is 18.6 Å². The fourth-order valence-corrected chi connectivity index (χ4v) is 6.21. The molecule has 0 saturated heterocycles. The molecule has 2 N–H and O–H groups in total. The average Bonchev–Trinajstić information content (AvgIpc) is 3.16. The van der Waals surface area contributed by atoms with Gasteiger partial charge in [0.2, 0.25) is 0 Å². The largest absolute Gasteiger partial charge is 0.507 e. The predicted octanol–water partition coefficient (Wildman–Crippen LogP) is 8.31. The second-order valence-electron chi connectivity index (χ2n) is 14.0. The number of ether oxygens (including phenoxy) is 1. The second-order valence-corrected chi connectivity index (χ2v) is 14.0. The fourth-order valence-electron chi connectivity index (χ4n) is 6.21. The molecule has 0 radical (unpaired) electrons. The number of phenols is 1. The molecular weight excluding hydrogens is 494 g/mol. The summed E-state index contributed by atoms with van der Waals surface area (Å²) in [6, 6.07) is 15.8. The van der Waals surface area contributed by atoms with Crippen molar-refractivity contribution in [1.82, 2.24) is 5.32 Å². The van der Waals surface area contributed by atoms with Crippen molar-refractivity contribution in [2.45, 2.75) is 99.0 Å². The molecule has 0 saturated carbocycles. The highest BCUT2D eigenvalue weighted by Gasteiger charge is 2.45. The highest BCUT2D eigenvalue weighted by atomic mass is 16.5. The number of carbonyl (C=O) groups is 1. The van der Waals surface area contributed by atoms with Crippen molar-refractivity contribution >= 4 is 5.91 Å². The Balaban J connectivity index is 1.61. The van der Waals surface area contributed by atoms with Crippen molar-refractivity contribution in [1.29, 1.82) is 0 Å². The van der Waals surface area contributed by atoms with E-state index in [1.807, 2.05) is 0 Å². The van der Waals surface area contributed by atoms with E-state index in [2.05, 4.69) is 98.8 Å². The molecule has 1 atom stereocenters. The maximum absolute atomic E-state index is 12.6. The van der Waals surface area contributed by atoms with Gasteiger partial charge in [-0.1, -0.05) is 71.0 Å². The highest BCUT2D eigenvalue weighted by molar-refractivity contribution is 5.96. The molecule has 0 fully saturated rings. The molecule has 4 heteroatoms. The smallest absolute Gasteiger partial charge is 0.255 e. The third-order valence-corrected chi connectivity index (χ3v) is 8.81. The van der Waals surface area contributed by atoms with Gasteiger partial charge in [0.15, 0.2) is 0 Å². The molecule has 4 nitrogen and oxygen atoms in total. The van der Waals surface area contributed by atoms with Gasteiger partial charge in [0, 0.05) is 12.1 Å². The summed E-state index contributed by atoms with van der Waals surface area (Å²) < 4.78 is 6.71. The van der Waals surface area contributed by atoms with Crippen molar-refractivity contribution in [2.75, 3.05) is 6.54 Å². The van der Waals surface area contributed by atoms with E-state index in [4.69, 9.17) is 4.74 Å². The predicted molar refractivity (Wildman–Crippen MR) is 165 cm³/mol. The molecule has 4 rings (SSSR count). The Kier molecular flexibility index (Phi) is 7.88.